The second kappa shape index (κ2) is 8.75. The normalized spacial score (nSPS) is 14.7. The molecule has 0 fully saturated rings. The maximum atomic E-state index is 9.60. The molecule has 32 heavy (non-hydrogen) atoms. The van der Waals surface area contributed by atoms with Gasteiger partial charge in [-0.2, -0.15) is 5.26 Å². The number of nitrogens with one attached hydrogen (secondary N) is 1. The molecule has 7 heteroatoms. The van der Waals surface area contributed by atoms with Crippen LogP contribution in [0.3, 0.4) is 0 Å². The topological polar surface area (TPSA) is 83.3 Å². The number of hydrogen-bond acceptors (Lipinski definition) is 7. The lowest BCUT2D eigenvalue weighted by atomic mass is 10.0. The smallest absolute Gasteiger partial charge is 0.231 e. The summed E-state index contributed by atoms with van der Waals surface area (Å²) in [7, 11) is 0. The Labute approximate surface area is 188 Å². The van der Waals surface area contributed by atoms with Crippen LogP contribution in [-0.4, -0.2) is 23.3 Å². The van der Waals surface area contributed by atoms with Crippen molar-refractivity contribution in [3.8, 4) is 17.6 Å². The molecule has 0 amide bonds. The van der Waals surface area contributed by atoms with Gasteiger partial charge in [-0.3, -0.25) is 0 Å². The predicted molar refractivity (Wildman–Crippen MR) is 124 cm³/mol. The van der Waals surface area contributed by atoms with E-state index in [1.54, 1.807) is 6.33 Å². The molecule has 1 atom stereocenters. The number of ether oxygens (including phenoxy) is 2. The Morgan fingerprint density at radius 3 is 2.81 bits per heavy atom. The van der Waals surface area contributed by atoms with Crippen molar-refractivity contribution in [3.63, 3.8) is 0 Å². The van der Waals surface area contributed by atoms with Gasteiger partial charge in [-0.25, -0.2) is 9.97 Å². The summed E-state index contributed by atoms with van der Waals surface area (Å²) in [5, 5.41) is 13.2. The van der Waals surface area contributed by atoms with Crippen molar-refractivity contribution in [2.24, 2.45) is 0 Å². The molecule has 0 bridgehead atoms. The van der Waals surface area contributed by atoms with Crippen molar-refractivity contribution in [2.45, 2.75) is 40.3 Å². The number of fused-ring (bicyclic) bond motifs is 2. The molecule has 7 nitrogen and oxygen atoms in total. The Morgan fingerprint density at radius 1 is 1.12 bits per heavy atom. The first kappa shape index (κ1) is 21.4. The number of anilines is 2. The van der Waals surface area contributed by atoms with Gasteiger partial charge >= 0.3 is 0 Å². The maximum Gasteiger partial charge on any atom is 0.231 e. The molecular formula is C25H27N5O2. The molecule has 3 heterocycles. The van der Waals surface area contributed by atoms with Gasteiger partial charge in [-0.1, -0.05) is 19.6 Å². The summed E-state index contributed by atoms with van der Waals surface area (Å²) < 4.78 is 10.9. The lowest BCUT2D eigenvalue weighted by Gasteiger charge is -2.32. The fraction of sp³-hybridized carbons (Fsp3) is 0.320. The number of aryl methyl sites for hydroxylation is 1. The number of nitrogens with zero attached hydrogens (tertiary/aromatic N) is 4. The van der Waals surface area contributed by atoms with Crippen LogP contribution >= 0.6 is 0 Å². The van der Waals surface area contributed by atoms with Gasteiger partial charge in [-0.05, 0) is 49.2 Å². The summed E-state index contributed by atoms with van der Waals surface area (Å²) in [5.41, 5.74) is 5.96. The summed E-state index contributed by atoms with van der Waals surface area (Å²) in [5.74, 6) is 2.37. The minimum Gasteiger partial charge on any atom is -0.454 e. The molecule has 0 saturated heterocycles. The summed E-state index contributed by atoms with van der Waals surface area (Å²) in [6.45, 7) is 5.84. The van der Waals surface area contributed by atoms with Crippen LogP contribution in [0.1, 0.15) is 48.3 Å². The predicted octanol–water partition coefficient (Wildman–Crippen LogP) is 4.76. The van der Waals surface area contributed by atoms with Crippen LogP contribution in [0, 0.1) is 18.3 Å². The third kappa shape index (κ3) is 3.92. The molecule has 1 aromatic heterocycles. The van der Waals surface area contributed by atoms with Crippen molar-refractivity contribution < 1.29 is 9.47 Å². The molecule has 0 saturated carbocycles. The first-order valence-electron chi connectivity index (χ1n) is 10.4. The molecule has 0 aliphatic carbocycles. The SMILES string of the molecule is C.Cc1ccc(N2CCc3ncnc(N[C@@H](C)c4ccc5c(c4)OCO5)c3C2)c(C#N)c1. The van der Waals surface area contributed by atoms with Crippen LogP contribution in [-0.2, 0) is 13.0 Å². The van der Waals surface area contributed by atoms with Crippen molar-refractivity contribution in [1.29, 1.82) is 5.26 Å². The zero-order chi connectivity index (χ0) is 21.4. The second-order valence-corrected chi connectivity index (χ2v) is 7.93. The van der Waals surface area contributed by atoms with E-state index in [1.807, 2.05) is 43.3 Å². The molecule has 2 aromatic carbocycles. The fourth-order valence-electron chi connectivity index (χ4n) is 4.16. The lowest BCUT2D eigenvalue weighted by Crippen LogP contribution is -2.32. The first-order chi connectivity index (χ1) is 15.1. The average Bonchev–Trinajstić information content (AvgIpc) is 3.27. The third-order valence-electron chi connectivity index (χ3n) is 5.87. The maximum absolute atomic E-state index is 9.60. The Bertz CT molecular complexity index is 1190. The van der Waals surface area contributed by atoms with Crippen LogP contribution in [0.25, 0.3) is 0 Å². The van der Waals surface area contributed by atoms with E-state index in [2.05, 4.69) is 33.2 Å². The standard InChI is InChI=1S/C24H23N5O2.CH4/c1-15-3-5-21(18(9-15)11-25)29-8-7-20-19(12-29)24(27-13-26-20)28-16(2)17-4-6-22-23(10-17)31-14-30-22;/h3-6,9-10,13,16H,7-8,12,14H2,1-2H3,(H,26,27,28);1H4/t16-;/m0./s1. The zero-order valence-electron chi connectivity index (χ0n) is 17.6. The number of aromatic nitrogens is 2. The highest BCUT2D eigenvalue weighted by Crippen LogP contribution is 2.36. The van der Waals surface area contributed by atoms with E-state index in [0.29, 0.717) is 12.1 Å². The van der Waals surface area contributed by atoms with E-state index >= 15 is 0 Å². The average molecular weight is 430 g/mol. The molecule has 0 spiro atoms. The van der Waals surface area contributed by atoms with Crippen LogP contribution < -0.4 is 19.7 Å². The minimum absolute atomic E-state index is 0. The Balaban J connectivity index is 0.00000245. The van der Waals surface area contributed by atoms with Crippen molar-refractivity contribution >= 4 is 11.5 Å². The van der Waals surface area contributed by atoms with Crippen LogP contribution in [0.4, 0.5) is 11.5 Å². The van der Waals surface area contributed by atoms with Gasteiger partial charge in [0, 0.05) is 25.1 Å². The monoisotopic (exact) mass is 429 g/mol. The molecule has 3 aromatic rings. The molecule has 0 unspecified atom stereocenters. The lowest BCUT2D eigenvalue weighted by molar-refractivity contribution is 0.174. The number of rotatable bonds is 4. The van der Waals surface area contributed by atoms with Crippen LogP contribution in [0.15, 0.2) is 42.7 Å². The number of hydrogen-bond donors (Lipinski definition) is 1. The third-order valence-corrected chi connectivity index (χ3v) is 5.87. The highest BCUT2D eigenvalue weighted by atomic mass is 16.7. The van der Waals surface area contributed by atoms with Gasteiger partial charge in [-0.15, -0.1) is 0 Å². The van der Waals surface area contributed by atoms with Crippen molar-refractivity contribution in [3.05, 3.63) is 70.7 Å². The van der Waals surface area contributed by atoms with Crippen LogP contribution in [0.5, 0.6) is 11.5 Å². The molecule has 164 valence electrons. The van der Waals surface area contributed by atoms with Gasteiger partial charge in [0.2, 0.25) is 6.79 Å². The molecule has 0 radical (unpaired) electrons. The van der Waals surface area contributed by atoms with Crippen LogP contribution in [0.2, 0.25) is 0 Å². The second-order valence-electron chi connectivity index (χ2n) is 7.93. The van der Waals surface area contributed by atoms with Gasteiger partial charge in [0.05, 0.1) is 23.0 Å². The first-order valence-corrected chi connectivity index (χ1v) is 10.4. The molecule has 2 aliphatic rings. The molecule has 2 aliphatic heterocycles. The summed E-state index contributed by atoms with van der Waals surface area (Å²) in [6, 6.07) is 14.4. The number of nitriles is 1. The van der Waals surface area contributed by atoms with E-state index in [4.69, 9.17) is 9.47 Å². The Kier molecular flexibility index (Phi) is 5.87. The van der Waals surface area contributed by atoms with E-state index in [1.165, 1.54) is 0 Å². The largest absolute Gasteiger partial charge is 0.454 e. The Morgan fingerprint density at radius 2 is 1.97 bits per heavy atom. The quantitative estimate of drug-likeness (QED) is 0.640. The molecule has 1 N–H and O–H groups in total. The van der Waals surface area contributed by atoms with E-state index in [0.717, 1.165) is 58.4 Å². The molecule has 5 rings (SSSR count). The minimum atomic E-state index is 0. The Hall–Kier alpha value is -3.79. The van der Waals surface area contributed by atoms with Gasteiger partial charge in [0.15, 0.2) is 11.5 Å². The summed E-state index contributed by atoms with van der Waals surface area (Å²) >= 11 is 0. The summed E-state index contributed by atoms with van der Waals surface area (Å²) in [4.78, 5) is 11.3. The highest BCUT2D eigenvalue weighted by molar-refractivity contribution is 5.63. The van der Waals surface area contributed by atoms with E-state index in [9.17, 15) is 5.26 Å². The zero-order valence-corrected chi connectivity index (χ0v) is 17.6. The van der Waals surface area contributed by atoms with Crippen molar-refractivity contribution in [1.82, 2.24) is 9.97 Å². The number of benzene rings is 2. The van der Waals surface area contributed by atoms with E-state index in [-0.39, 0.29) is 20.3 Å². The van der Waals surface area contributed by atoms with Gasteiger partial charge in [0.1, 0.15) is 18.2 Å². The van der Waals surface area contributed by atoms with Crippen molar-refractivity contribution in [2.75, 3.05) is 23.6 Å². The van der Waals surface area contributed by atoms with E-state index < -0.39 is 0 Å². The molecular weight excluding hydrogens is 402 g/mol. The fourth-order valence-corrected chi connectivity index (χ4v) is 4.16. The summed E-state index contributed by atoms with van der Waals surface area (Å²) in [6.07, 6.45) is 2.43. The highest BCUT2D eigenvalue weighted by Gasteiger charge is 2.24. The van der Waals surface area contributed by atoms with Gasteiger partial charge in [0.25, 0.3) is 0 Å². The van der Waals surface area contributed by atoms with Gasteiger partial charge < -0.3 is 19.7 Å².